The summed E-state index contributed by atoms with van der Waals surface area (Å²) in [6.45, 7) is 7.33. The molecule has 0 spiro atoms. The number of ether oxygens (including phenoxy) is 1. The highest BCUT2D eigenvalue weighted by atomic mass is 16.5. The number of amides is 3. The molecule has 3 unspecified atom stereocenters. The largest absolute Gasteiger partial charge is 0.489 e. The van der Waals surface area contributed by atoms with Gasteiger partial charge in [0.2, 0.25) is 11.8 Å². The summed E-state index contributed by atoms with van der Waals surface area (Å²) in [5.41, 5.74) is 2.01. The fourth-order valence-electron chi connectivity index (χ4n) is 6.18. The number of nitrogens with zero attached hydrogens (tertiary/aromatic N) is 2. The number of hydrogen-bond acceptors (Lipinski definition) is 5. The zero-order valence-electron chi connectivity index (χ0n) is 19.8. The molecule has 7 nitrogen and oxygen atoms in total. The molecule has 33 heavy (non-hydrogen) atoms. The van der Waals surface area contributed by atoms with Gasteiger partial charge in [-0.1, -0.05) is 20.3 Å². The third-order valence-electron chi connectivity index (χ3n) is 8.50. The maximum Gasteiger partial charge on any atom is 0.255 e. The molecule has 5 rings (SSSR count). The lowest BCUT2D eigenvalue weighted by molar-refractivity contribution is -0.136. The van der Waals surface area contributed by atoms with Gasteiger partial charge in [0.1, 0.15) is 17.9 Å². The van der Waals surface area contributed by atoms with Crippen molar-refractivity contribution >= 4 is 17.7 Å². The molecule has 3 aliphatic heterocycles. The van der Waals surface area contributed by atoms with E-state index in [0.29, 0.717) is 30.0 Å². The van der Waals surface area contributed by atoms with Gasteiger partial charge in [-0.25, -0.2) is 0 Å². The van der Waals surface area contributed by atoms with Crippen molar-refractivity contribution in [2.24, 2.45) is 5.41 Å². The van der Waals surface area contributed by atoms with E-state index in [0.717, 1.165) is 17.7 Å². The molecule has 178 valence electrons. The Labute approximate surface area is 195 Å². The summed E-state index contributed by atoms with van der Waals surface area (Å²) in [7, 11) is 0. The van der Waals surface area contributed by atoms with Gasteiger partial charge >= 0.3 is 0 Å². The number of carbonyl (C=O) groups is 3. The van der Waals surface area contributed by atoms with Crippen LogP contribution >= 0.6 is 0 Å². The Morgan fingerprint density at radius 3 is 2.55 bits per heavy atom. The van der Waals surface area contributed by atoms with Crippen molar-refractivity contribution in [1.29, 1.82) is 0 Å². The van der Waals surface area contributed by atoms with Gasteiger partial charge in [0.15, 0.2) is 0 Å². The smallest absolute Gasteiger partial charge is 0.255 e. The van der Waals surface area contributed by atoms with Crippen molar-refractivity contribution < 1.29 is 19.1 Å². The van der Waals surface area contributed by atoms with Crippen molar-refractivity contribution in [3.63, 3.8) is 0 Å². The van der Waals surface area contributed by atoms with E-state index in [1.807, 2.05) is 18.2 Å². The summed E-state index contributed by atoms with van der Waals surface area (Å²) in [6.07, 6.45) is 7.98. The summed E-state index contributed by atoms with van der Waals surface area (Å²) < 4.78 is 6.54. The van der Waals surface area contributed by atoms with Crippen LogP contribution in [-0.4, -0.2) is 58.8 Å². The predicted molar refractivity (Wildman–Crippen MR) is 124 cm³/mol. The van der Waals surface area contributed by atoms with Crippen molar-refractivity contribution in [3.8, 4) is 5.75 Å². The van der Waals surface area contributed by atoms with E-state index in [1.165, 1.54) is 45.2 Å². The number of likely N-dealkylation sites (tertiary alicyclic amines) is 1. The summed E-state index contributed by atoms with van der Waals surface area (Å²) in [5, 5.41) is 2.36. The Hall–Kier alpha value is -2.41. The van der Waals surface area contributed by atoms with Crippen LogP contribution < -0.4 is 10.1 Å². The van der Waals surface area contributed by atoms with E-state index in [1.54, 1.807) is 4.90 Å². The summed E-state index contributed by atoms with van der Waals surface area (Å²) in [4.78, 5) is 40.9. The minimum absolute atomic E-state index is 0.141. The summed E-state index contributed by atoms with van der Waals surface area (Å²) >= 11 is 0. The molecule has 2 saturated heterocycles. The van der Waals surface area contributed by atoms with Gasteiger partial charge in [-0.3, -0.25) is 24.6 Å². The molecule has 1 aliphatic carbocycles. The highest BCUT2D eigenvalue weighted by molar-refractivity contribution is 6.05. The van der Waals surface area contributed by atoms with Crippen LogP contribution in [0.25, 0.3) is 0 Å². The number of piperidine rings is 1. The minimum atomic E-state index is -0.585. The third kappa shape index (κ3) is 4.05. The van der Waals surface area contributed by atoms with Gasteiger partial charge in [-0.2, -0.15) is 0 Å². The SMILES string of the molecule is CCC1(CC)CN(C2CCCCC2Oc2ccc3c(c2)CN(C2CCC(=O)NC2=O)C3=O)C1. The van der Waals surface area contributed by atoms with E-state index in [9.17, 15) is 14.4 Å². The zero-order valence-corrected chi connectivity index (χ0v) is 19.8. The van der Waals surface area contributed by atoms with E-state index >= 15 is 0 Å². The van der Waals surface area contributed by atoms with Crippen LogP contribution in [0, 0.1) is 5.41 Å². The third-order valence-corrected chi connectivity index (χ3v) is 8.50. The molecule has 4 aliphatic rings. The fourth-order valence-corrected chi connectivity index (χ4v) is 6.18. The number of rotatable bonds is 6. The first kappa shape index (κ1) is 22.4. The summed E-state index contributed by atoms with van der Waals surface area (Å²) in [6, 6.07) is 5.58. The monoisotopic (exact) mass is 453 g/mol. The predicted octanol–water partition coefficient (Wildman–Crippen LogP) is 3.26. The number of fused-ring (bicyclic) bond motifs is 1. The Morgan fingerprint density at radius 2 is 1.82 bits per heavy atom. The number of nitrogens with one attached hydrogen (secondary N) is 1. The van der Waals surface area contributed by atoms with Crippen LogP contribution in [0.15, 0.2) is 18.2 Å². The van der Waals surface area contributed by atoms with E-state index < -0.39 is 6.04 Å². The lowest BCUT2D eigenvalue weighted by Gasteiger charge is -2.55. The van der Waals surface area contributed by atoms with E-state index in [-0.39, 0.29) is 30.2 Å². The molecule has 0 aromatic heterocycles. The Balaban J connectivity index is 1.27. The van der Waals surface area contributed by atoms with Gasteiger partial charge in [0.25, 0.3) is 5.91 Å². The minimum Gasteiger partial charge on any atom is -0.489 e. The molecule has 1 aromatic rings. The second-order valence-electron chi connectivity index (χ2n) is 10.3. The molecule has 3 fully saturated rings. The molecule has 1 aromatic carbocycles. The molecule has 3 heterocycles. The number of benzene rings is 1. The number of carbonyl (C=O) groups excluding carboxylic acids is 3. The quantitative estimate of drug-likeness (QED) is 0.669. The van der Waals surface area contributed by atoms with Crippen LogP contribution in [-0.2, 0) is 16.1 Å². The van der Waals surface area contributed by atoms with Gasteiger partial charge in [-0.05, 0) is 67.7 Å². The van der Waals surface area contributed by atoms with Crippen molar-refractivity contribution in [1.82, 2.24) is 15.1 Å². The van der Waals surface area contributed by atoms with Crippen molar-refractivity contribution in [2.75, 3.05) is 13.1 Å². The highest BCUT2D eigenvalue weighted by Gasteiger charge is 2.46. The lowest BCUT2D eigenvalue weighted by Crippen LogP contribution is -2.63. The number of hydrogen-bond donors (Lipinski definition) is 1. The first-order valence-corrected chi connectivity index (χ1v) is 12.6. The van der Waals surface area contributed by atoms with Crippen LogP contribution in [0.1, 0.15) is 81.1 Å². The van der Waals surface area contributed by atoms with Crippen LogP contribution in [0.3, 0.4) is 0 Å². The second-order valence-corrected chi connectivity index (χ2v) is 10.3. The number of imide groups is 1. The summed E-state index contributed by atoms with van der Waals surface area (Å²) in [5.74, 6) is 0.0214. The topological polar surface area (TPSA) is 79.0 Å². The Kier molecular flexibility index (Phi) is 5.93. The molecule has 3 amide bonds. The standard InChI is InChI=1S/C26H35N3O4/c1-3-26(4-2)15-28(16-26)20-7-5-6-8-22(20)33-18-9-10-19-17(13-18)14-29(25(19)32)21-11-12-23(30)27-24(21)31/h9-10,13,20-22H,3-8,11-12,14-16H2,1-2H3,(H,27,30,31). The van der Waals surface area contributed by atoms with Crippen LogP contribution in [0.2, 0.25) is 0 Å². The van der Waals surface area contributed by atoms with Crippen LogP contribution in [0.4, 0.5) is 0 Å². The molecule has 1 N–H and O–H groups in total. The normalized spacial score (nSPS) is 29.5. The maximum absolute atomic E-state index is 12.9. The molecule has 0 radical (unpaired) electrons. The van der Waals surface area contributed by atoms with Gasteiger partial charge in [-0.15, -0.1) is 0 Å². The highest BCUT2D eigenvalue weighted by Crippen LogP contribution is 2.41. The second kappa shape index (κ2) is 8.75. The van der Waals surface area contributed by atoms with Gasteiger partial charge < -0.3 is 9.64 Å². The van der Waals surface area contributed by atoms with Crippen molar-refractivity contribution in [2.45, 2.75) is 89.9 Å². The average molecular weight is 454 g/mol. The fraction of sp³-hybridized carbons (Fsp3) is 0.654. The first-order chi connectivity index (χ1) is 15.9. The van der Waals surface area contributed by atoms with Crippen molar-refractivity contribution in [3.05, 3.63) is 29.3 Å². The molecular weight excluding hydrogens is 418 g/mol. The van der Waals surface area contributed by atoms with Gasteiger partial charge in [0, 0.05) is 37.7 Å². The van der Waals surface area contributed by atoms with Gasteiger partial charge in [0.05, 0.1) is 0 Å². The average Bonchev–Trinajstić information content (AvgIpc) is 3.10. The molecule has 0 bridgehead atoms. The molecule has 7 heteroatoms. The maximum atomic E-state index is 12.9. The zero-order chi connectivity index (χ0) is 23.2. The molecule has 1 saturated carbocycles. The van der Waals surface area contributed by atoms with E-state index in [2.05, 4.69) is 24.1 Å². The van der Waals surface area contributed by atoms with Crippen LogP contribution in [0.5, 0.6) is 5.75 Å². The molecule has 3 atom stereocenters. The first-order valence-electron chi connectivity index (χ1n) is 12.6. The molecular formula is C26H35N3O4. The Morgan fingerprint density at radius 1 is 1.06 bits per heavy atom. The Bertz CT molecular complexity index is 949. The lowest BCUT2D eigenvalue weighted by atomic mass is 9.73. The van der Waals surface area contributed by atoms with E-state index in [4.69, 9.17) is 4.74 Å².